The molecular formula is C26H27NO11. The molecule has 0 amide bonds. The topological polar surface area (TPSA) is 161 Å². The molecule has 0 saturated heterocycles. The molecule has 0 saturated carbocycles. The molecule has 1 heterocycles. The number of ether oxygens (including phenoxy) is 5. The molecule has 0 aromatic heterocycles. The van der Waals surface area contributed by atoms with Crippen LogP contribution in [0.25, 0.3) is 6.08 Å². The van der Waals surface area contributed by atoms with Crippen LogP contribution in [0.2, 0.25) is 0 Å². The second kappa shape index (κ2) is 11.6. The van der Waals surface area contributed by atoms with E-state index >= 15 is 0 Å². The van der Waals surface area contributed by atoms with Crippen LogP contribution in [0.15, 0.2) is 40.4 Å². The van der Waals surface area contributed by atoms with E-state index in [1.54, 1.807) is 0 Å². The van der Waals surface area contributed by atoms with Crippen LogP contribution in [0, 0.1) is 0 Å². The molecule has 1 aliphatic heterocycles. The van der Waals surface area contributed by atoms with Crippen LogP contribution >= 0.6 is 0 Å². The standard InChI is InChI=1S/C26H27NO11/c1-25(2,3)38-24(33)26(19(23(32)37-7)16(13-27-26)21(30)35-5)17(28)12-11-14-9-8-10-15(20(29)34-4)18(14)22(31)36-6/h8-13H,1-7H3/b12-11+. The van der Waals surface area contributed by atoms with Gasteiger partial charge in [0.1, 0.15) is 5.60 Å². The maximum atomic E-state index is 13.7. The highest BCUT2D eigenvalue weighted by atomic mass is 16.6. The quantitative estimate of drug-likeness (QED) is 0.208. The molecule has 12 heteroatoms. The van der Waals surface area contributed by atoms with Crippen LogP contribution in [0.4, 0.5) is 0 Å². The third-order valence-corrected chi connectivity index (χ3v) is 5.17. The van der Waals surface area contributed by atoms with Gasteiger partial charge in [-0.15, -0.1) is 0 Å². The Hall–Kier alpha value is -4.61. The summed E-state index contributed by atoms with van der Waals surface area (Å²) >= 11 is 0. The third-order valence-electron chi connectivity index (χ3n) is 5.17. The van der Waals surface area contributed by atoms with E-state index in [2.05, 4.69) is 9.73 Å². The molecule has 1 unspecified atom stereocenters. The van der Waals surface area contributed by atoms with Gasteiger partial charge in [-0.2, -0.15) is 0 Å². The summed E-state index contributed by atoms with van der Waals surface area (Å²) in [6, 6.07) is 4.15. The van der Waals surface area contributed by atoms with Gasteiger partial charge < -0.3 is 23.7 Å². The Labute approximate surface area is 218 Å². The monoisotopic (exact) mass is 529 g/mol. The molecule has 202 valence electrons. The molecule has 1 aliphatic rings. The van der Waals surface area contributed by atoms with E-state index in [0.29, 0.717) is 0 Å². The Morgan fingerprint density at radius 3 is 1.92 bits per heavy atom. The van der Waals surface area contributed by atoms with Crippen molar-refractivity contribution in [3.8, 4) is 0 Å². The number of methoxy groups -OCH3 is 4. The van der Waals surface area contributed by atoms with Gasteiger partial charge in [0.2, 0.25) is 0 Å². The van der Waals surface area contributed by atoms with Crippen molar-refractivity contribution in [1.29, 1.82) is 0 Å². The second-order valence-corrected chi connectivity index (χ2v) is 8.69. The third kappa shape index (κ3) is 5.69. The maximum absolute atomic E-state index is 13.7. The molecule has 0 aliphatic carbocycles. The summed E-state index contributed by atoms with van der Waals surface area (Å²) in [6.07, 6.45) is 2.83. The molecule has 0 bridgehead atoms. The minimum Gasteiger partial charge on any atom is -0.466 e. The van der Waals surface area contributed by atoms with E-state index in [4.69, 9.17) is 18.9 Å². The Bertz CT molecular complexity index is 1280. The number of aliphatic imine (C=N–C) groups is 1. The van der Waals surface area contributed by atoms with Gasteiger partial charge in [0.25, 0.3) is 5.54 Å². The fourth-order valence-corrected chi connectivity index (χ4v) is 3.51. The minimum absolute atomic E-state index is 0.0474. The lowest BCUT2D eigenvalue weighted by molar-refractivity contribution is -0.162. The van der Waals surface area contributed by atoms with Crippen LogP contribution in [0.5, 0.6) is 0 Å². The van der Waals surface area contributed by atoms with Crippen LogP contribution < -0.4 is 0 Å². The first-order chi connectivity index (χ1) is 17.8. The molecule has 0 spiro atoms. The van der Waals surface area contributed by atoms with Crippen LogP contribution in [-0.2, 0) is 42.9 Å². The average Bonchev–Trinajstić information content (AvgIpc) is 3.30. The lowest BCUT2D eigenvalue weighted by Gasteiger charge is -2.28. The van der Waals surface area contributed by atoms with Gasteiger partial charge in [0.05, 0.1) is 50.7 Å². The van der Waals surface area contributed by atoms with E-state index < -0.39 is 57.9 Å². The van der Waals surface area contributed by atoms with E-state index in [1.165, 1.54) is 39.0 Å². The summed E-state index contributed by atoms with van der Waals surface area (Å²) in [7, 11) is 4.25. The van der Waals surface area contributed by atoms with E-state index in [0.717, 1.165) is 46.8 Å². The smallest absolute Gasteiger partial charge is 0.347 e. The summed E-state index contributed by atoms with van der Waals surface area (Å²) in [4.78, 5) is 80.9. The van der Waals surface area contributed by atoms with Crippen LogP contribution in [-0.4, -0.2) is 81.4 Å². The largest absolute Gasteiger partial charge is 0.466 e. The first kappa shape index (κ1) is 29.6. The van der Waals surface area contributed by atoms with Crippen molar-refractivity contribution in [2.45, 2.75) is 31.9 Å². The average molecular weight is 529 g/mol. The number of nitrogens with zero attached hydrogens (tertiary/aromatic N) is 1. The molecule has 38 heavy (non-hydrogen) atoms. The lowest BCUT2D eigenvalue weighted by atomic mass is 9.84. The molecule has 2 rings (SSSR count). The van der Waals surface area contributed by atoms with Gasteiger partial charge in [0.15, 0.2) is 5.78 Å². The van der Waals surface area contributed by atoms with Crippen molar-refractivity contribution in [2.24, 2.45) is 4.99 Å². The van der Waals surface area contributed by atoms with Crippen molar-refractivity contribution in [3.05, 3.63) is 52.1 Å². The summed E-state index contributed by atoms with van der Waals surface area (Å²) < 4.78 is 24.3. The number of ketones is 1. The highest BCUT2D eigenvalue weighted by Gasteiger charge is 2.58. The normalized spacial score (nSPS) is 16.7. The predicted molar refractivity (Wildman–Crippen MR) is 131 cm³/mol. The highest BCUT2D eigenvalue weighted by molar-refractivity contribution is 6.31. The molecule has 0 N–H and O–H groups in total. The number of rotatable bonds is 8. The number of hydrogen-bond donors (Lipinski definition) is 0. The van der Waals surface area contributed by atoms with Crippen LogP contribution in [0.1, 0.15) is 47.1 Å². The fraction of sp³-hybridized carbons (Fsp3) is 0.346. The summed E-state index contributed by atoms with van der Waals surface area (Å²) in [6.45, 7) is 4.59. The Morgan fingerprint density at radius 1 is 0.816 bits per heavy atom. The van der Waals surface area contributed by atoms with Crippen molar-refractivity contribution in [2.75, 3.05) is 28.4 Å². The van der Waals surface area contributed by atoms with E-state index in [9.17, 15) is 28.8 Å². The number of carbonyl (C=O) groups excluding carboxylic acids is 6. The zero-order valence-electron chi connectivity index (χ0n) is 21.9. The zero-order chi connectivity index (χ0) is 28.8. The van der Waals surface area contributed by atoms with Gasteiger partial charge >= 0.3 is 29.8 Å². The number of carbonyl (C=O) groups is 6. The Balaban J connectivity index is 2.78. The fourth-order valence-electron chi connectivity index (χ4n) is 3.51. The minimum atomic E-state index is -2.66. The molecule has 0 fully saturated rings. The van der Waals surface area contributed by atoms with Crippen molar-refractivity contribution in [3.63, 3.8) is 0 Å². The number of esters is 5. The highest BCUT2D eigenvalue weighted by Crippen LogP contribution is 2.36. The molecular weight excluding hydrogens is 502 g/mol. The summed E-state index contributed by atoms with van der Waals surface area (Å²) in [5.74, 6) is -6.35. The summed E-state index contributed by atoms with van der Waals surface area (Å²) in [5.41, 5.74) is -5.27. The first-order valence-electron chi connectivity index (χ1n) is 11.0. The summed E-state index contributed by atoms with van der Waals surface area (Å²) in [5, 5.41) is 0. The maximum Gasteiger partial charge on any atom is 0.347 e. The second-order valence-electron chi connectivity index (χ2n) is 8.69. The number of hydrogen-bond acceptors (Lipinski definition) is 12. The Kier molecular flexibility index (Phi) is 9.06. The van der Waals surface area contributed by atoms with Gasteiger partial charge in [-0.05, 0) is 38.5 Å². The molecule has 1 atom stereocenters. The van der Waals surface area contributed by atoms with Gasteiger partial charge in [0, 0.05) is 6.21 Å². The van der Waals surface area contributed by atoms with Crippen molar-refractivity contribution >= 4 is 47.9 Å². The van der Waals surface area contributed by atoms with Crippen LogP contribution in [0.3, 0.4) is 0 Å². The van der Waals surface area contributed by atoms with Crippen molar-refractivity contribution < 1.29 is 52.5 Å². The van der Waals surface area contributed by atoms with Gasteiger partial charge in [-0.1, -0.05) is 18.2 Å². The lowest BCUT2D eigenvalue weighted by Crippen LogP contribution is -2.50. The first-order valence-corrected chi connectivity index (χ1v) is 11.0. The Morgan fingerprint density at radius 2 is 1.39 bits per heavy atom. The van der Waals surface area contributed by atoms with Crippen molar-refractivity contribution in [1.82, 2.24) is 0 Å². The molecule has 12 nitrogen and oxygen atoms in total. The molecule has 0 radical (unpaired) electrons. The predicted octanol–water partition coefficient (Wildman–Crippen LogP) is 1.65. The molecule has 1 aromatic carbocycles. The SMILES string of the molecule is COC(=O)C1=C(C(=O)OC)C(C(=O)/C=C/c2cccc(C(=O)OC)c2C(=O)OC)(C(=O)OC(C)(C)C)N=C1. The van der Waals surface area contributed by atoms with E-state index in [-0.39, 0.29) is 16.7 Å². The van der Waals surface area contributed by atoms with E-state index in [1.807, 2.05) is 0 Å². The number of benzene rings is 1. The molecule has 1 aromatic rings. The van der Waals surface area contributed by atoms with Gasteiger partial charge in [-0.3, -0.25) is 9.79 Å². The zero-order valence-corrected chi connectivity index (χ0v) is 21.9. The van der Waals surface area contributed by atoms with Gasteiger partial charge in [-0.25, -0.2) is 24.0 Å².